The van der Waals surface area contributed by atoms with E-state index in [2.05, 4.69) is 5.32 Å². The zero-order chi connectivity index (χ0) is 13.9. The number of hydrogen-bond acceptors (Lipinski definition) is 4. The number of ether oxygens (including phenoxy) is 2. The van der Waals surface area contributed by atoms with Crippen LogP contribution in [0.1, 0.15) is 21.7 Å². The summed E-state index contributed by atoms with van der Waals surface area (Å²) in [4.78, 5) is 12.9. The average molecular weight is 289 g/mol. The van der Waals surface area contributed by atoms with Crippen molar-refractivity contribution in [3.05, 3.63) is 40.1 Å². The molecule has 5 heteroatoms. The van der Waals surface area contributed by atoms with E-state index in [-0.39, 0.29) is 5.91 Å². The minimum Gasteiger partial charge on any atom is -0.490 e. The number of aryl methyl sites for hydroxylation is 1. The van der Waals surface area contributed by atoms with Gasteiger partial charge in [0, 0.05) is 18.2 Å². The number of thiophene rings is 1. The number of hydrogen-bond donors (Lipinski definition) is 1. The highest BCUT2D eigenvalue weighted by Crippen LogP contribution is 2.32. The van der Waals surface area contributed by atoms with E-state index in [4.69, 9.17) is 9.47 Å². The van der Waals surface area contributed by atoms with Gasteiger partial charge in [-0.15, -0.1) is 11.3 Å². The SMILES string of the molecule is Cc1ccsc1C(=O)Nc1ccc2c(c1)OCCCO2. The van der Waals surface area contributed by atoms with E-state index in [1.165, 1.54) is 11.3 Å². The predicted molar refractivity (Wildman–Crippen MR) is 79.1 cm³/mol. The molecule has 0 fully saturated rings. The lowest BCUT2D eigenvalue weighted by molar-refractivity contribution is 0.103. The molecular weight excluding hydrogens is 274 g/mol. The molecule has 20 heavy (non-hydrogen) atoms. The van der Waals surface area contributed by atoms with Crippen LogP contribution in [-0.4, -0.2) is 19.1 Å². The Hall–Kier alpha value is -2.01. The van der Waals surface area contributed by atoms with Crippen molar-refractivity contribution < 1.29 is 14.3 Å². The monoisotopic (exact) mass is 289 g/mol. The Bertz CT molecular complexity index is 636. The van der Waals surface area contributed by atoms with E-state index in [1.807, 2.05) is 36.6 Å². The van der Waals surface area contributed by atoms with Gasteiger partial charge in [-0.25, -0.2) is 0 Å². The quantitative estimate of drug-likeness (QED) is 0.921. The Morgan fingerprint density at radius 3 is 2.75 bits per heavy atom. The van der Waals surface area contributed by atoms with Crippen LogP contribution in [0.3, 0.4) is 0 Å². The van der Waals surface area contributed by atoms with E-state index >= 15 is 0 Å². The molecule has 1 aliphatic heterocycles. The molecule has 0 atom stereocenters. The molecule has 2 heterocycles. The molecule has 104 valence electrons. The fourth-order valence-electron chi connectivity index (χ4n) is 2.03. The van der Waals surface area contributed by atoms with Crippen LogP contribution in [0.25, 0.3) is 0 Å². The van der Waals surface area contributed by atoms with Gasteiger partial charge >= 0.3 is 0 Å². The molecule has 1 N–H and O–H groups in total. The minimum absolute atomic E-state index is 0.0907. The third-order valence-corrected chi connectivity index (χ3v) is 4.09. The molecule has 1 aliphatic rings. The minimum atomic E-state index is -0.0907. The molecule has 0 bridgehead atoms. The maximum absolute atomic E-state index is 12.2. The smallest absolute Gasteiger partial charge is 0.265 e. The number of nitrogens with one attached hydrogen (secondary N) is 1. The second-order valence-corrected chi connectivity index (χ2v) is 5.51. The molecule has 0 radical (unpaired) electrons. The van der Waals surface area contributed by atoms with Gasteiger partial charge in [0.1, 0.15) is 0 Å². The predicted octanol–water partition coefficient (Wildman–Crippen LogP) is 3.47. The third kappa shape index (κ3) is 2.63. The van der Waals surface area contributed by atoms with Gasteiger partial charge in [-0.05, 0) is 36.1 Å². The highest BCUT2D eigenvalue weighted by atomic mass is 32.1. The van der Waals surface area contributed by atoms with Crippen LogP contribution in [-0.2, 0) is 0 Å². The van der Waals surface area contributed by atoms with Gasteiger partial charge < -0.3 is 14.8 Å². The van der Waals surface area contributed by atoms with Crippen LogP contribution in [0.2, 0.25) is 0 Å². The number of amides is 1. The molecule has 3 rings (SSSR count). The number of benzene rings is 1. The first kappa shape index (κ1) is 13.0. The highest BCUT2D eigenvalue weighted by Gasteiger charge is 2.14. The van der Waals surface area contributed by atoms with Gasteiger partial charge in [0.05, 0.1) is 18.1 Å². The van der Waals surface area contributed by atoms with Crippen LogP contribution < -0.4 is 14.8 Å². The van der Waals surface area contributed by atoms with Crippen molar-refractivity contribution in [1.29, 1.82) is 0 Å². The van der Waals surface area contributed by atoms with Crippen molar-refractivity contribution in [3.8, 4) is 11.5 Å². The van der Waals surface area contributed by atoms with Crippen molar-refractivity contribution in [2.45, 2.75) is 13.3 Å². The average Bonchev–Trinajstić information content (AvgIpc) is 2.73. The summed E-state index contributed by atoms with van der Waals surface area (Å²) in [7, 11) is 0. The molecule has 0 aliphatic carbocycles. The van der Waals surface area contributed by atoms with Crippen molar-refractivity contribution in [1.82, 2.24) is 0 Å². The number of anilines is 1. The molecule has 0 saturated heterocycles. The first-order chi connectivity index (χ1) is 9.74. The zero-order valence-corrected chi connectivity index (χ0v) is 12.0. The van der Waals surface area contributed by atoms with Crippen LogP contribution >= 0.6 is 11.3 Å². The van der Waals surface area contributed by atoms with Crippen molar-refractivity contribution in [2.75, 3.05) is 18.5 Å². The van der Waals surface area contributed by atoms with Crippen LogP contribution in [0.4, 0.5) is 5.69 Å². The number of carbonyl (C=O) groups excluding carboxylic acids is 1. The van der Waals surface area contributed by atoms with Gasteiger partial charge in [0.15, 0.2) is 11.5 Å². The highest BCUT2D eigenvalue weighted by molar-refractivity contribution is 7.12. The lowest BCUT2D eigenvalue weighted by atomic mass is 10.2. The van der Waals surface area contributed by atoms with E-state index in [9.17, 15) is 4.79 Å². The van der Waals surface area contributed by atoms with Gasteiger partial charge in [0.25, 0.3) is 5.91 Å². The summed E-state index contributed by atoms with van der Waals surface area (Å²) in [6, 6.07) is 7.40. The van der Waals surface area contributed by atoms with Crippen molar-refractivity contribution in [3.63, 3.8) is 0 Å². The second-order valence-electron chi connectivity index (χ2n) is 4.60. The lowest BCUT2D eigenvalue weighted by Gasteiger charge is -2.10. The Morgan fingerprint density at radius 1 is 1.20 bits per heavy atom. The summed E-state index contributed by atoms with van der Waals surface area (Å²) in [5, 5.41) is 4.81. The maximum Gasteiger partial charge on any atom is 0.265 e. The molecule has 1 aromatic carbocycles. The fourth-order valence-corrected chi connectivity index (χ4v) is 2.85. The molecule has 0 spiro atoms. The molecule has 0 saturated carbocycles. The molecular formula is C15H15NO3S. The third-order valence-electron chi connectivity index (χ3n) is 3.07. The maximum atomic E-state index is 12.2. The number of fused-ring (bicyclic) bond motifs is 1. The summed E-state index contributed by atoms with van der Waals surface area (Å²) in [6.07, 6.45) is 0.866. The molecule has 1 amide bonds. The Labute approximate surface area is 121 Å². The van der Waals surface area contributed by atoms with E-state index in [1.54, 1.807) is 0 Å². The number of rotatable bonds is 2. The van der Waals surface area contributed by atoms with Crippen molar-refractivity contribution in [2.24, 2.45) is 0 Å². The molecule has 0 unspecified atom stereocenters. The summed E-state index contributed by atoms with van der Waals surface area (Å²) in [5.41, 5.74) is 1.70. The van der Waals surface area contributed by atoms with Crippen LogP contribution in [0, 0.1) is 6.92 Å². The largest absolute Gasteiger partial charge is 0.490 e. The normalized spacial score (nSPS) is 13.7. The van der Waals surface area contributed by atoms with E-state index in [0.29, 0.717) is 24.7 Å². The van der Waals surface area contributed by atoms with Gasteiger partial charge in [-0.3, -0.25) is 4.79 Å². The molecule has 1 aromatic heterocycles. The fraction of sp³-hybridized carbons (Fsp3) is 0.267. The van der Waals surface area contributed by atoms with Gasteiger partial charge in [-0.1, -0.05) is 0 Å². The zero-order valence-electron chi connectivity index (χ0n) is 11.1. The Morgan fingerprint density at radius 2 is 2.00 bits per heavy atom. The summed E-state index contributed by atoms with van der Waals surface area (Å²) >= 11 is 1.44. The van der Waals surface area contributed by atoms with E-state index < -0.39 is 0 Å². The Kier molecular flexibility index (Phi) is 3.60. The summed E-state index contributed by atoms with van der Waals surface area (Å²) in [5.74, 6) is 1.32. The van der Waals surface area contributed by atoms with Crippen molar-refractivity contribution >= 4 is 22.9 Å². The standard InChI is InChI=1S/C15H15NO3S/c1-10-5-8-20-14(10)15(17)16-11-3-4-12-13(9-11)19-7-2-6-18-12/h3-5,8-9H,2,6-7H2,1H3,(H,16,17). The first-order valence-corrected chi connectivity index (χ1v) is 7.37. The summed E-state index contributed by atoms with van der Waals surface area (Å²) in [6.45, 7) is 3.22. The van der Waals surface area contributed by atoms with Crippen LogP contribution in [0.5, 0.6) is 11.5 Å². The lowest BCUT2D eigenvalue weighted by Crippen LogP contribution is -2.11. The number of carbonyl (C=O) groups is 1. The Balaban J connectivity index is 1.80. The van der Waals surface area contributed by atoms with Gasteiger partial charge in [0.2, 0.25) is 0 Å². The summed E-state index contributed by atoms with van der Waals surface area (Å²) < 4.78 is 11.2. The topological polar surface area (TPSA) is 47.6 Å². The van der Waals surface area contributed by atoms with E-state index in [0.717, 1.165) is 22.6 Å². The first-order valence-electron chi connectivity index (χ1n) is 6.49. The molecule has 4 nitrogen and oxygen atoms in total. The molecule has 2 aromatic rings. The van der Waals surface area contributed by atoms with Crippen LogP contribution in [0.15, 0.2) is 29.6 Å². The van der Waals surface area contributed by atoms with Gasteiger partial charge in [-0.2, -0.15) is 0 Å². The second kappa shape index (κ2) is 5.54.